The molecule has 1 aliphatic heterocycles. The van der Waals surface area contributed by atoms with E-state index in [0.717, 1.165) is 25.1 Å². The molecule has 2 heterocycles. The molecule has 20 heavy (non-hydrogen) atoms. The van der Waals surface area contributed by atoms with E-state index < -0.39 is 0 Å². The van der Waals surface area contributed by atoms with Crippen molar-refractivity contribution in [3.63, 3.8) is 0 Å². The summed E-state index contributed by atoms with van der Waals surface area (Å²) in [5.74, 6) is 1.11. The third-order valence-electron chi connectivity index (χ3n) is 3.44. The maximum atomic E-state index is 11.5. The van der Waals surface area contributed by atoms with Crippen LogP contribution >= 0.6 is 24.8 Å². The lowest BCUT2D eigenvalue weighted by atomic mass is 10.1. The van der Waals surface area contributed by atoms with Gasteiger partial charge in [0, 0.05) is 44.6 Å². The Labute approximate surface area is 132 Å². The summed E-state index contributed by atoms with van der Waals surface area (Å²) in [4.78, 5) is 16.1. The van der Waals surface area contributed by atoms with Gasteiger partial charge in [0.05, 0.1) is 5.69 Å². The van der Waals surface area contributed by atoms with Crippen LogP contribution in [0.1, 0.15) is 31.3 Å². The summed E-state index contributed by atoms with van der Waals surface area (Å²) in [7, 11) is 0. The van der Waals surface area contributed by atoms with E-state index >= 15 is 0 Å². The Balaban J connectivity index is 0.00000180. The van der Waals surface area contributed by atoms with Gasteiger partial charge in [-0.15, -0.1) is 24.8 Å². The van der Waals surface area contributed by atoms with Crippen LogP contribution in [0.2, 0.25) is 0 Å². The lowest BCUT2D eigenvalue weighted by Crippen LogP contribution is -2.34. The molecule has 1 atom stereocenters. The molecular weight excluding hydrogens is 299 g/mol. The zero-order chi connectivity index (χ0) is 13.0. The molecule has 0 saturated heterocycles. The number of rotatable bonds is 5. The van der Waals surface area contributed by atoms with Crippen LogP contribution in [0.3, 0.4) is 0 Å². The van der Waals surface area contributed by atoms with E-state index in [2.05, 4.69) is 21.1 Å². The quantitative estimate of drug-likeness (QED) is 0.858. The van der Waals surface area contributed by atoms with E-state index in [1.807, 2.05) is 6.92 Å². The molecule has 3 N–H and O–H groups in total. The summed E-state index contributed by atoms with van der Waals surface area (Å²) in [5.41, 5.74) is 6.52. The predicted molar refractivity (Wildman–Crippen MR) is 84.6 cm³/mol. The molecule has 116 valence electrons. The van der Waals surface area contributed by atoms with Crippen molar-refractivity contribution >= 4 is 30.7 Å². The van der Waals surface area contributed by atoms with Crippen molar-refractivity contribution in [2.45, 2.75) is 39.2 Å². The number of carbonyl (C=O) groups is 1. The van der Waals surface area contributed by atoms with E-state index in [9.17, 15) is 4.79 Å². The van der Waals surface area contributed by atoms with Gasteiger partial charge in [-0.25, -0.2) is 4.98 Å². The number of aromatic nitrogens is 2. The number of hydrogen-bond donors (Lipinski definition) is 2. The fourth-order valence-corrected chi connectivity index (χ4v) is 2.19. The summed E-state index contributed by atoms with van der Waals surface area (Å²) in [5, 5.41) is 2.89. The van der Waals surface area contributed by atoms with Crippen LogP contribution in [-0.2, 0) is 24.2 Å². The number of amides is 1. The Morgan fingerprint density at radius 2 is 2.25 bits per heavy atom. The third-order valence-corrected chi connectivity index (χ3v) is 3.44. The molecule has 5 nitrogen and oxygen atoms in total. The minimum absolute atomic E-state index is 0. The van der Waals surface area contributed by atoms with Crippen LogP contribution in [0, 0.1) is 5.92 Å². The number of nitrogens with zero attached hydrogens (tertiary/aromatic N) is 2. The first-order valence-corrected chi connectivity index (χ1v) is 6.73. The molecule has 1 aliphatic rings. The molecule has 7 heteroatoms. The first kappa shape index (κ1) is 19.2. The van der Waals surface area contributed by atoms with Crippen LogP contribution in [0.25, 0.3) is 0 Å². The zero-order valence-corrected chi connectivity index (χ0v) is 13.4. The highest BCUT2D eigenvalue weighted by Crippen LogP contribution is 2.14. The largest absolute Gasteiger partial charge is 0.355 e. The summed E-state index contributed by atoms with van der Waals surface area (Å²) in [6.07, 6.45) is 6.47. The SMILES string of the molecule is CC(CN)C(=O)NCCc1cn2c(n1)CCCC2.Cl.Cl. The Morgan fingerprint density at radius 3 is 2.90 bits per heavy atom. The third kappa shape index (κ3) is 4.96. The van der Waals surface area contributed by atoms with Crippen molar-refractivity contribution in [2.75, 3.05) is 13.1 Å². The maximum absolute atomic E-state index is 11.5. The highest BCUT2D eigenvalue weighted by molar-refractivity contribution is 5.85. The minimum Gasteiger partial charge on any atom is -0.355 e. The van der Waals surface area contributed by atoms with Crippen LogP contribution in [0.4, 0.5) is 0 Å². The van der Waals surface area contributed by atoms with Gasteiger partial charge in [-0.2, -0.15) is 0 Å². The molecule has 0 saturated carbocycles. The van der Waals surface area contributed by atoms with E-state index in [-0.39, 0.29) is 36.6 Å². The fraction of sp³-hybridized carbons (Fsp3) is 0.692. The highest BCUT2D eigenvalue weighted by atomic mass is 35.5. The second-order valence-corrected chi connectivity index (χ2v) is 4.98. The second kappa shape index (κ2) is 9.21. The van der Waals surface area contributed by atoms with Gasteiger partial charge < -0.3 is 15.6 Å². The molecule has 0 fully saturated rings. The Hall–Kier alpha value is -0.780. The standard InChI is InChI=1S/C13H22N4O.2ClH/c1-10(8-14)13(18)15-6-5-11-9-17-7-3-2-4-12(17)16-11;;/h9-10H,2-8,14H2,1H3,(H,15,18);2*1H. The number of fused-ring (bicyclic) bond motifs is 1. The number of hydrogen-bond acceptors (Lipinski definition) is 3. The minimum atomic E-state index is -0.111. The van der Waals surface area contributed by atoms with Crippen LogP contribution in [0.15, 0.2) is 6.20 Å². The molecule has 1 unspecified atom stereocenters. The van der Waals surface area contributed by atoms with Crippen LogP contribution in [-0.4, -0.2) is 28.5 Å². The van der Waals surface area contributed by atoms with E-state index in [0.29, 0.717) is 13.1 Å². The topological polar surface area (TPSA) is 72.9 Å². The molecule has 1 amide bonds. The average Bonchev–Trinajstić information content (AvgIpc) is 2.80. The average molecular weight is 323 g/mol. The van der Waals surface area contributed by atoms with Crippen LogP contribution < -0.4 is 11.1 Å². The summed E-state index contributed by atoms with van der Waals surface area (Å²) >= 11 is 0. The molecule has 0 aromatic carbocycles. The molecule has 0 radical (unpaired) electrons. The Kier molecular flexibility index (Phi) is 8.85. The summed E-state index contributed by atoms with van der Waals surface area (Å²) < 4.78 is 2.24. The molecule has 0 bridgehead atoms. The number of nitrogens with one attached hydrogen (secondary N) is 1. The lowest BCUT2D eigenvalue weighted by molar-refractivity contribution is -0.124. The molecule has 1 aromatic heterocycles. The molecule has 0 aliphatic carbocycles. The van der Waals surface area contributed by atoms with E-state index in [1.165, 1.54) is 18.7 Å². The number of nitrogens with two attached hydrogens (primary N) is 1. The van der Waals surface area contributed by atoms with Gasteiger partial charge in [0.15, 0.2) is 0 Å². The second-order valence-electron chi connectivity index (χ2n) is 4.98. The van der Waals surface area contributed by atoms with Gasteiger partial charge >= 0.3 is 0 Å². The predicted octanol–water partition coefficient (Wildman–Crippen LogP) is 1.32. The van der Waals surface area contributed by atoms with Crippen molar-refractivity contribution in [1.82, 2.24) is 14.9 Å². The number of carbonyl (C=O) groups excluding carboxylic acids is 1. The fourth-order valence-electron chi connectivity index (χ4n) is 2.19. The first-order chi connectivity index (χ1) is 8.70. The molecular formula is C13H24Cl2N4O. The van der Waals surface area contributed by atoms with Crippen molar-refractivity contribution < 1.29 is 4.79 Å². The van der Waals surface area contributed by atoms with Crippen LogP contribution in [0.5, 0.6) is 0 Å². The van der Waals surface area contributed by atoms with Gasteiger partial charge in [0.2, 0.25) is 5.91 Å². The Bertz CT molecular complexity index is 399. The Morgan fingerprint density at radius 1 is 1.50 bits per heavy atom. The number of imidazole rings is 1. The highest BCUT2D eigenvalue weighted by Gasteiger charge is 2.13. The monoisotopic (exact) mass is 322 g/mol. The van der Waals surface area contributed by atoms with E-state index in [1.54, 1.807) is 0 Å². The van der Waals surface area contributed by atoms with Gasteiger partial charge in [0.25, 0.3) is 0 Å². The van der Waals surface area contributed by atoms with Crippen molar-refractivity contribution in [1.29, 1.82) is 0 Å². The van der Waals surface area contributed by atoms with Gasteiger partial charge in [-0.3, -0.25) is 4.79 Å². The van der Waals surface area contributed by atoms with Crippen molar-refractivity contribution in [3.8, 4) is 0 Å². The van der Waals surface area contributed by atoms with Crippen molar-refractivity contribution in [3.05, 3.63) is 17.7 Å². The van der Waals surface area contributed by atoms with Gasteiger partial charge in [-0.05, 0) is 12.8 Å². The van der Waals surface area contributed by atoms with Gasteiger partial charge in [0.1, 0.15) is 5.82 Å². The number of halogens is 2. The van der Waals surface area contributed by atoms with Crippen molar-refractivity contribution in [2.24, 2.45) is 11.7 Å². The van der Waals surface area contributed by atoms with E-state index in [4.69, 9.17) is 5.73 Å². The smallest absolute Gasteiger partial charge is 0.224 e. The summed E-state index contributed by atoms with van der Waals surface area (Å²) in [6, 6.07) is 0. The number of aryl methyl sites for hydroxylation is 2. The van der Waals surface area contributed by atoms with Gasteiger partial charge in [-0.1, -0.05) is 6.92 Å². The summed E-state index contributed by atoms with van der Waals surface area (Å²) in [6.45, 7) is 3.95. The zero-order valence-electron chi connectivity index (χ0n) is 11.8. The lowest BCUT2D eigenvalue weighted by Gasteiger charge is -2.11. The maximum Gasteiger partial charge on any atom is 0.224 e. The molecule has 0 spiro atoms. The normalized spacial score (nSPS) is 14.5. The molecule has 2 rings (SSSR count). The molecule has 1 aromatic rings. The first-order valence-electron chi connectivity index (χ1n) is 6.73.